The third-order valence-electron chi connectivity index (χ3n) is 7.22. The first-order valence-electron chi connectivity index (χ1n) is 13.9. The quantitative estimate of drug-likeness (QED) is 0.445. The normalized spacial score (nSPS) is 17.9. The van der Waals surface area contributed by atoms with Crippen molar-refractivity contribution in [1.29, 1.82) is 0 Å². The van der Waals surface area contributed by atoms with Crippen LogP contribution in [-0.4, -0.2) is 92.5 Å². The van der Waals surface area contributed by atoms with Gasteiger partial charge in [0.2, 0.25) is 5.91 Å². The maximum atomic E-state index is 13.9. The second-order valence-electron chi connectivity index (χ2n) is 11.5. The number of nitrogens with zero attached hydrogens (tertiary/aromatic N) is 4. The van der Waals surface area contributed by atoms with Gasteiger partial charge in [-0.05, 0) is 23.1 Å². The van der Waals surface area contributed by atoms with Gasteiger partial charge in [-0.2, -0.15) is 5.10 Å². The number of hydrazone groups is 1. The number of hydrogen-bond acceptors (Lipinski definition) is 7. The van der Waals surface area contributed by atoms with E-state index in [1.165, 1.54) is 0 Å². The number of hydrogen-bond donors (Lipinski definition) is 0. The van der Waals surface area contributed by atoms with E-state index in [9.17, 15) is 9.59 Å². The van der Waals surface area contributed by atoms with Gasteiger partial charge >= 0.3 is 0 Å². The van der Waals surface area contributed by atoms with Crippen molar-refractivity contribution in [1.82, 2.24) is 14.8 Å². The maximum absolute atomic E-state index is 13.9. The zero-order valence-electron chi connectivity index (χ0n) is 24.4. The fourth-order valence-electron chi connectivity index (χ4n) is 5.05. The SMILES string of the molecule is COc1ccc(C2=NN(C(=O)CN(CCN3CCOCC3)C(=O)CC(C)(C)C)[C@H](c3ccccc3)C2)c(OC)c1. The Morgan fingerprint density at radius 2 is 1.77 bits per heavy atom. The van der Waals surface area contributed by atoms with Crippen molar-refractivity contribution >= 4 is 17.5 Å². The second kappa shape index (κ2) is 13.3. The number of methoxy groups -OCH3 is 2. The third-order valence-corrected chi connectivity index (χ3v) is 7.22. The Labute approximate surface area is 237 Å². The molecule has 2 aromatic rings. The molecule has 0 saturated carbocycles. The number of benzene rings is 2. The highest BCUT2D eigenvalue weighted by Gasteiger charge is 2.35. The lowest BCUT2D eigenvalue weighted by molar-refractivity contribution is -0.142. The summed E-state index contributed by atoms with van der Waals surface area (Å²) < 4.78 is 16.5. The van der Waals surface area contributed by atoms with Crippen LogP contribution in [0.25, 0.3) is 0 Å². The van der Waals surface area contributed by atoms with E-state index >= 15 is 0 Å². The molecular formula is C31H42N4O5. The van der Waals surface area contributed by atoms with Gasteiger partial charge in [0, 0.05) is 50.7 Å². The molecule has 0 bridgehead atoms. The van der Waals surface area contributed by atoms with Gasteiger partial charge in [-0.3, -0.25) is 14.5 Å². The highest BCUT2D eigenvalue weighted by atomic mass is 16.5. The summed E-state index contributed by atoms with van der Waals surface area (Å²) in [4.78, 5) is 31.3. The summed E-state index contributed by atoms with van der Waals surface area (Å²) in [6.45, 7) is 10.3. The summed E-state index contributed by atoms with van der Waals surface area (Å²) in [5.74, 6) is 1.08. The molecule has 40 heavy (non-hydrogen) atoms. The summed E-state index contributed by atoms with van der Waals surface area (Å²) in [6, 6.07) is 15.2. The molecule has 0 aromatic heterocycles. The Morgan fingerprint density at radius 3 is 2.42 bits per heavy atom. The monoisotopic (exact) mass is 550 g/mol. The lowest BCUT2D eigenvalue weighted by Crippen LogP contribution is -2.47. The number of carbonyl (C=O) groups is 2. The van der Waals surface area contributed by atoms with Gasteiger partial charge < -0.3 is 19.1 Å². The molecule has 0 unspecified atom stereocenters. The van der Waals surface area contributed by atoms with Gasteiger partial charge in [0.25, 0.3) is 5.91 Å². The average Bonchev–Trinajstić information content (AvgIpc) is 3.40. The largest absolute Gasteiger partial charge is 0.497 e. The molecule has 1 fully saturated rings. The minimum Gasteiger partial charge on any atom is -0.497 e. The highest BCUT2D eigenvalue weighted by molar-refractivity contribution is 6.05. The Kier molecular flexibility index (Phi) is 9.81. The number of ether oxygens (including phenoxy) is 3. The number of rotatable bonds is 10. The Balaban J connectivity index is 1.60. The number of amides is 2. The van der Waals surface area contributed by atoms with Gasteiger partial charge in [0.1, 0.15) is 18.0 Å². The molecule has 9 heteroatoms. The molecule has 2 heterocycles. The van der Waals surface area contributed by atoms with E-state index in [1.54, 1.807) is 24.1 Å². The van der Waals surface area contributed by atoms with Crippen LogP contribution in [0.5, 0.6) is 11.5 Å². The molecular weight excluding hydrogens is 508 g/mol. The number of morpholine rings is 1. The molecule has 0 radical (unpaired) electrons. The second-order valence-corrected chi connectivity index (χ2v) is 11.5. The van der Waals surface area contributed by atoms with E-state index < -0.39 is 0 Å². The van der Waals surface area contributed by atoms with Crippen LogP contribution >= 0.6 is 0 Å². The zero-order chi connectivity index (χ0) is 28.7. The first kappa shape index (κ1) is 29.6. The molecule has 1 saturated heterocycles. The minimum atomic E-state index is -0.283. The molecule has 4 rings (SSSR count). The molecule has 0 spiro atoms. The Bertz CT molecular complexity index is 1190. The highest BCUT2D eigenvalue weighted by Crippen LogP contribution is 2.36. The predicted molar refractivity (Wildman–Crippen MR) is 155 cm³/mol. The summed E-state index contributed by atoms with van der Waals surface area (Å²) in [7, 11) is 3.22. The van der Waals surface area contributed by atoms with Crippen LogP contribution in [0.15, 0.2) is 53.6 Å². The van der Waals surface area contributed by atoms with Crippen molar-refractivity contribution in [2.24, 2.45) is 10.5 Å². The van der Waals surface area contributed by atoms with Gasteiger partial charge in [0.05, 0.1) is 39.2 Å². The van der Waals surface area contributed by atoms with Crippen LogP contribution < -0.4 is 9.47 Å². The van der Waals surface area contributed by atoms with Crippen molar-refractivity contribution in [3.8, 4) is 11.5 Å². The van der Waals surface area contributed by atoms with E-state index in [4.69, 9.17) is 19.3 Å². The van der Waals surface area contributed by atoms with Crippen molar-refractivity contribution in [3.05, 3.63) is 59.7 Å². The predicted octanol–water partition coefficient (Wildman–Crippen LogP) is 3.98. The first-order valence-corrected chi connectivity index (χ1v) is 13.9. The van der Waals surface area contributed by atoms with E-state index in [2.05, 4.69) is 4.90 Å². The molecule has 216 valence electrons. The van der Waals surface area contributed by atoms with Gasteiger partial charge in [-0.25, -0.2) is 5.01 Å². The smallest absolute Gasteiger partial charge is 0.262 e. The fraction of sp³-hybridized carbons (Fsp3) is 0.516. The lowest BCUT2D eigenvalue weighted by Gasteiger charge is -2.32. The van der Waals surface area contributed by atoms with Gasteiger partial charge in [-0.1, -0.05) is 51.1 Å². The van der Waals surface area contributed by atoms with Gasteiger partial charge in [-0.15, -0.1) is 0 Å². The summed E-state index contributed by atoms with van der Waals surface area (Å²) in [5.41, 5.74) is 2.37. The Hall–Kier alpha value is -3.43. The third kappa shape index (κ3) is 7.61. The molecule has 1 atom stereocenters. The van der Waals surface area contributed by atoms with Crippen molar-refractivity contribution in [2.45, 2.75) is 39.7 Å². The Morgan fingerprint density at radius 1 is 1.05 bits per heavy atom. The van der Waals surface area contributed by atoms with Crippen LogP contribution in [0.1, 0.15) is 50.8 Å². The zero-order valence-corrected chi connectivity index (χ0v) is 24.4. The standard InChI is InChI=1S/C31H42N4O5/c1-31(2,3)21-29(36)34(14-13-33-15-17-40-18-16-33)22-30(37)35-27(23-9-7-6-8-10-23)20-26(32-35)25-12-11-24(38-4)19-28(25)39-5/h6-12,19,27H,13-18,20-22H2,1-5H3/t27-/m0/s1. The van der Waals surface area contributed by atoms with Crippen molar-refractivity contribution in [2.75, 3.05) is 60.2 Å². The van der Waals surface area contributed by atoms with Crippen LogP contribution in [0.4, 0.5) is 0 Å². The van der Waals surface area contributed by atoms with Crippen LogP contribution in [0, 0.1) is 5.41 Å². The summed E-state index contributed by atoms with van der Waals surface area (Å²) in [6.07, 6.45) is 0.894. The van der Waals surface area contributed by atoms with E-state index in [0.29, 0.717) is 50.6 Å². The lowest BCUT2D eigenvalue weighted by atomic mass is 9.91. The van der Waals surface area contributed by atoms with Crippen LogP contribution in [0.2, 0.25) is 0 Å². The summed E-state index contributed by atoms with van der Waals surface area (Å²) >= 11 is 0. The topological polar surface area (TPSA) is 83.9 Å². The van der Waals surface area contributed by atoms with Crippen molar-refractivity contribution in [3.63, 3.8) is 0 Å². The van der Waals surface area contributed by atoms with Gasteiger partial charge in [0.15, 0.2) is 0 Å². The van der Waals surface area contributed by atoms with Crippen molar-refractivity contribution < 1.29 is 23.8 Å². The molecule has 2 aromatic carbocycles. The maximum Gasteiger partial charge on any atom is 0.262 e. The molecule has 2 amide bonds. The number of carbonyl (C=O) groups excluding carboxylic acids is 2. The average molecular weight is 551 g/mol. The van der Waals surface area contributed by atoms with E-state index in [0.717, 1.165) is 29.9 Å². The van der Waals surface area contributed by atoms with Crippen LogP contribution in [-0.2, 0) is 14.3 Å². The molecule has 0 N–H and O–H groups in total. The minimum absolute atomic E-state index is 0.0226. The summed E-state index contributed by atoms with van der Waals surface area (Å²) in [5, 5.41) is 6.39. The molecule has 2 aliphatic rings. The van der Waals surface area contributed by atoms with Crippen LogP contribution in [0.3, 0.4) is 0 Å². The van der Waals surface area contributed by atoms with E-state index in [1.807, 2.05) is 69.3 Å². The first-order chi connectivity index (χ1) is 19.2. The molecule has 9 nitrogen and oxygen atoms in total. The van der Waals surface area contributed by atoms with E-state index in [-0.39, 0.29) is 29.8 Å². The fourth-order valence-corrected chi connectivity index (χ4v) is 5.05. The molecule has 0 aliphatic carbocycles. The molecule has 2 aliphatic heterocycles.